The van der Waals surface area contributed by atoms with Crippen molar-refractivity contribution in [2.75, 3.05) is 0 Å². The highest BCUT2D eigenvalue weighted by atomic mass is 32.1. The summed E-state index contributed by atoms with van der Waals surface area (Å²) in [7, 11) is -0.383. The predicted molar refractivity (Wildman–Crippen MR) is 130 cm³/mol. The van der Waals surface area contributed by atoms with Crippen molar-refractivity contribution in [3.05, 3.63) is 66.7 Å². The highest BCUT2D eigenvalue weighted by Gasteiger charge is 2.52. The molecule has 0 amide bonds. The maximum atomic E-state index is 6.50. The summed E-state index contributed by atoms with van der Waals surface area (Å²) in [5, 5.41) is 7.64. The van der Waals surface area contributed by atoms with Gasteiger partial charge >= 0.3 is 7.12 Å². The smallest absolute Gasteiger partial charge is 0.399 e. The van der Waals surface area contributed by atoms with E-state index in [1.807, 2.05) is 11.3 Å². The van der Waals surface area contributed by atoms with Gasteiger partial charge < -0.3 is 9.31 Å². The van der Waals surface area contributed by atoms with Crippen LogP contribution in [0.5, 0.6) is 0 Å². The first-order chi connectivity index (χ1) is 14.4. The monoisotopic (exact) mass is 410 g/mol. The number of hydrogen-bond acceptors (Lipinski definition) is 3. The zero-order chi connectivity index (χ0) is 20.7. The number of benzene rings is 4. The maximum Gasteiger partial charge on any atom is 0.495 e. The minimum atomic E-state index is -0.383. The van der Waals surface area contributed by atoms with E-state index in [2.05, 4.69) is 94.4 Å². The molecular formula is C26H23BO2S. The number of rotatable bonds is 1. The molecule has 1 aromatic heterocycles. The minimum absolute atomic E-state index is 0.367. The van der Waals surface area contributed by atoms with E-state index in [-0.39, 0.29) is 18.3 Å². The Kier molecular flexibility index (Phi) is 3.72. The third-order valence-electron chi connectivity index (χ3n) is 6.89. The third-order valence-corrected chi connectivity index (χ3v) is 8.16. The second-order valence-electron chi connectivity index (χ2n) is 9.24. The van der Waals surface area contributed by atoms with Crippen LogP contribution in [0, 0.1) is 0 Å². The van der Waals surface area contributed by atoms with Crippen LogP contribution in [-0.4, -0.2) is 18.3 Å². The van der Waals surface area contributed by atoms with Crippen LogP contribution in [0.3, 0.4) is 0 Å². The molecular weight excluding hydrogens is 387 g/mol. The van der Waals surface area contributed by atoms with Crippen molar-refractivity contribution in [1.82, 2.24) is 0 Å². The Hall–Kier alpha value is -2.40. The molecule has 30 heavy (non-hydrogen) atoms. The molecule has 0 atom stereocenters. The minimum Gasteiger partial charge on any atom is -0.399 e. The lowest BCUT2D eigenvalue weighted by molar-refractivity contribution is 0.00578. The van der Waals surface area contributed by atoms with Gasteiger partial charge in [-0.1, -0.05) is 66.7 Å². The van der Waals surface area contributed by atoms with Crippen molar-refractivity contribution < 1.29 is 9.31 Å². The molecule has 1 aliphatic heterocycles. The molecule has 148 valence electrons. The van der Waals surface area contributed by atoms with Crippen molar-refractivity contribution in [2.45, 2.75) is 38.9 Å². The Morgan fingerprint density at radius 1 is 0.667 bits per heavy atom. The number of thiophene rings is 1. The highest BCUT2D eigenvalue weighted by Crippen LogP contribution is 2.43. The Balaban J connectivity index is 1.75. The number of hydrogen-bond donors (Lipinski definition) is 0. The van der Waals surface area contributed by atoms with Crippen LogP contribution < -0.4 is 5.46 Å². The summed E-state index contributed by atoms with van der Waals surface area (Å²) in [5.41, 5.74) is 0.395. The Labute approximate surface area is 180 Å². The van der Waals surface area contributed by atoms with Crippen LogP contribution in [0.25, 0.3) is 41.7 Å². The summed E-state index contributed by atoms with van der Waals surface area (Å²) in [5.74, 6) is 0. The van der Waals surface area contributed by atoms with Gasteiger partial charge in [-0.2, -0.15) is 0 Å². The highest BCUT2D eigenvalue weighted by molar-refractivity contribution is 7.27. The molecule has 0 unspecified atom stereocenters. The van der Waals surface area contributed by atoms with Gasteiger partial charge in [0.15, 0.2) is 0 Å². The molecule has 2 nitrogen and oxygen atoms in total. The molecule has 0 bridgehead atoms. The van der Waals surface area contributed by atoms with Crippen LogP contribution >= 0.6 is 11.3 Å². The van der Waals surface area contributed by atoms with E-state index < -0.39 is 0 Å². The molecule has 2 heterocycles. The largest absolute Gasteiger partial charge is 0.495 e. The van der Waals surface area contributed by atoms with Gasteiger partial charge in [0.1, 0.15) is 0 Å². The molecule has 0 aliphatic carbocycles. The molecule has 0 N–H and O–H groups in total. The van der Waals surface area contributed by atoms with Gasteiger partial charge in [0.25, 0.3) is 0 Å². The first kappa shape index (κ1) is 18.4. The summed E-state index contributed by atoms with van der Waals surface area (Å²) in [6.45, 7) is 8.46. The van der Waals surface area contributed by atoms with Crippen LogP contribution in [0.4, 0.5) is 0 Å². The van der Waals surface area contributed by atoms with E-state index in [0.29, 0.717) is 0 Å². The van der Waals surface area contributed by atoms with Crippen molar-refractivity contribution >= 4 is 65.6 Å². The van der Waals surface area contributed by atoms with Crippen LogP contribution in [0.15, 0.2) is 66.7 Å². The molecule has 5 aromatic rings. The van der Waals surface area contributed by atoms with Gasteiger partial charge in [-0.05, 0) is 54.7 Å². The maximum absolute atomic E-state index is 6.50. The first-order valence-corrected chi connectivity index (χ1v) is 11.3. The second kappa shape index (κ2) is 6.07. The summed E-state index contributed by atoms with van der Waals surface area (Å²) in [6.07, 6.45) is 0. The Morgan fingerprint density at radius 3 is 1.97 bits per heavy atom. The lowest BCUT2D eigenvalue weighted by atomic mass is 9.75. The molecule has 0 saturated carbocycles. The summed E-state index contributed by atoms with van der Waals surface area (Å²) in [6, 6.07) is 24.0. The van der Waals surface area contributed by atoms with Crippen LogP contribution in [0.1, 0.15) is 27.7 Å². The SMILES string of the molecule is CC1(C)OB(c2cc3ccccc3c3sc4c5ccccc5ccc4c23)OC1(C)C. The molecule has 0 spiro atoms. The molecule has 1 saturated heterocycles. The summed E-state index contributed by atoms with van der Waals surface area (Å²) in [4.78, 5) is 0. The molecule has 1 fully saturated rings. The van der Waals surface area contributed by atoms with Gasteiger partial charge in [0.2, 0.25) is 0 Å². The van der Waals surface area contributed by atoms with E-state index in [1.165, 1.54) is 41.7 Å². The van der Waals surface area contributed by atoms with Crippen molar-refractivity contribution in [3.8, 4) is 0 Å². The third kappa shape index (κ3) is 2.45. The van der Waals surface area contributed by atoms with E-state index in [1.54, 1.807) is 0 Å². The fourth-order valence-corrected chi connectivity index (χ4v) is 5.93. The van der Waals surface area contributed by atoms with Gasteiger partial charge in [0.05, 0.1) is 11.2 Å². The molecule has 0 radical (unpaired) electrons. The topological polar surface area (TPSA) is 18.5 Å². The standard InChI is InChI=1S/C26H23BO2S/c1-25(2)26(3,4)29-27(28-25)21-15-17-10-6-8-12-19(17)24-22(21)20-14-13-16-9-5-7-11-18(16)23(20)30-24/h5-15H,1-4H3. The average Bonchev–Trinajstić information content (AvgIpc) is 3.22. The lowest BCUT2D eigenvalue weighted by Gasteiger charge is -2.32. The van der Waals surface area contributed by atoms with E-state index in [4.69, 9.17) is 9.31 Å². The molecule has 4 heteroatoms. The number of fused-ring (bicyclic) bond motifs is 7. The van der Waals surface area contributed by atoms with Crippen molar-refractivity contribution in [2.24, 2.45) is 0 Å². The summed E-state index contributed by atoms with van der Waals surface area (Å²) < 4.78 is 15.6. The molecule has 4 aromatic carbocycles. The lowest BCUT2D eigenvalue weighted by Crippen LogP contribution is -2.41. The Morgan fingerprint density at radius 2 is 1.27 bits per heavy atom. The van der Waals surface area contributed by atoms with Gasteiger partial charge in [-0.3, -0.25) is 0 Å². The van der Waals surface area contributed by atoms with E-state index in [9.17, 15) is 0 Å². The fraction of sp³-hybridized carbons (Fsp3) is 0.231. The van der Waals surface area contributed by atoms with E-state index >= 15 is 0 Å². The zero-order valence-electron chi connectivity index (χ0n) is 17.7. The molecule has 6 rings (SSSR count). The van der Waals surface area contributed by atoms with Crippen LogP contribution in [-0.2, 0) is 9.31 Å². The van der Waals surface area contributed by atoms with Crippen molar-refractivity contribution in [1.29, 1.82) is 0 Å². The van der Waals surface area contributed by atoms with Crippen molar-refractivity contribution in [3.63, 3.8) is 0 Å². The quantitative estimate of drug-likeness (QED) is 0.288. The Bertz CT molecular complexity index is 1450. The first-order valence-electron chi connectivity index (χ1n) is 10.5. The molecule has 1 aliphatic rings. The fourth-order valence-electron chi connectivity index (χ4n) is 4.53. The normalized spacial score (nSPS) is 18.2. The second-order valence-corrected chi connectivity index (χ2v) is 10.3. The average molecular weight is 410 g/mol. The predicted octanol–water partition coefficient (Wildman–Crippen LogP) is 6.66. The van der Waals surface area contributed by atoms with Gasteiger partial charge in [-0.25, -0.2) is 0 Å². The van der Waals surface area contributed by atoms with E-state index in [0.717, 1.165) is 5.46 Å². The summed E-state index contributed by atoms with van der Waals surface area (Å²) >= 11 is 1.88. The van der Waals surface area contributed by atoms with Gasteiger partial charge in [-0.15, -0.1) is 11.3 Å². The van der Waals surface area contributed by atoms with Crippen LogP contribution in [0.2, 0.25) is 0 Å². The zero-order valence-corrected chi connectivity index (χ0v) is 18.5. The van der Waals surface area contributed by atoms with Gasteiger partial charge in [0, 0.05) is 20.2 Å².